The van der Waals surface area contributed by atoms with Crippen LogP contribution >= 0.6 is 11.8 Å². The van der Waals surface area contributed by atoms with Gasteiger partial charge in [0.15, 0.2) is 5.17 Å². The highest BCUT2D eigenvalue weighted by molar-refractivity contribution is 8.13. The maximum absolute atomic E-state index is 11.8. The van der Waals surface area contributed by atoms with Crippen LogP contribution in [0.5, 0.6) is 5.75 Å². The number of carbonyl (C=O) groups excluding carboxylic acids is 1. The summed E-state index contributed by atoms with van der Waals surface area (Å²) in [6.07, 6.45) is 3.46. The molecule has 0 fully saturated rings. The first-order chi connectivity index (χ1) is 8.13. The van der Waals surface area contributed by atoms with Gasteiger partial charge in [-0.3, -0.25) is 9.69 Å². The topological polar surface area (TPSA) is 52.9 Å². The van der Waals surface area contributed by atoms with Crippen LogP contribution in [0.3, 0.4) is 0 Å². The summed E-state index contributed by atoms with van der Waals surface area (Å²) in [6.45, 7) is 0. The first kappa shape index (κ1) is 11.7. The van der Waals surface area contributed by atoms with E-state index in [2.05, 4.69) is 4.99 Å². The second kappa shape index (κ2) is 4.63. The van der Waals surface area contributed by atoms with Gasteiger partial charge in [-0.25, -0.2) is 4.99 Å². The molecule has 1 aliphatic heterocycles. The Morgan fingerprint density at radius 2 is 2.12 bits per heavy atom. The van der Waals surface area contributed by atoms with Gasteiger partial charge in [0, 0.05) is 12.6 Å². The third-order valence-electron chi connectivity index (χ3n) is 2.44. The molecule has 0 aromatic heterocycles. The van der Waals surface area contributed by atoms with Gasteiger partial charge >= 0.3 is 0 Å². The molecule has 1 aromatic rings. The van der Waals surface area contributed by atoms with Gasteiger partial charge in [0.2, 0.25) is 0 Å². The third-order valence-corrected chi connectivity index (χ3v) is 3.17. The third kappa shape index (κ3) is 2.19. The molecule has 0 saturated carbocycles. The molecular weight excluding hydrogens is 236 g/mol. The van der Waals surface area contributed by atoms with Gasteiger partial charge < -0.3 is 5.11 Å². The number of carbonyl (C=O) groups is 1. The lowest BCUT2D eigenvalue weighted by atomic mass is 10.1. The zero-order chi connectivity index (χ0) is 12.4. The first-order valence-electron chi connectivity index (χ1n) is 5.04. The van der Waals surface area contributed by atoms with Gasteiger partial charge in [0.05, 0.1) is 0 Å². The molecule has 0 saturated heterocycles. The van der Waals surface area contributed by atoms with Gasteiger partial charge in [0.1, 0.15) is 11.4 Å². The molecule has 0 spiro atoms. The maximum atomic E-state index is 11.8. The molecule has 0 atom stereocenters. The van der Waals surface area contributed by atoms with E-state index >= 15 is 0 Å². The molecule has 0 unspecified atom stereocenters. The van der Waals surface area contributed by atoms with Crippen LogP contribution in [-0.4, -0.2) is 34.4 Å². The van der Waals surface area contributed by atoms with E-state index in [1.807, 2.05) is 6.26 Å². The number of rotatable bonds is 1. The molecule has 1 aliphatic rings. The largest absolute Gasteiger partial charge is 0.507 e. The van der Waals surface area contributed by atoms with Crippen molar-refractivity contribution in [3.63, 3.8) is 0 Å². The molecule has 17 heavy (non-hydrogen) atoms. The van der Waals surface area contributed by atoms with E-state index in [1.54, 1.807) is 37.4 Å². The minimum absolute atomic E-state index is 0.142. The number of phenolic OH excluding ortho intramolecular Hbond substituents is 1. The van der Waals surface area contributed by atoms with Crippen molar-refractivity contribution in [2.75, 3.05) is 13.3 Å². The fraction of sp³-hybridized carbons (Fsp3) is 0.167. The standard InChI is InChI=1S/C12H12N2O2S/c1-14-11(16)9(13-12(14)17-2)7-8-5-3-4-6-10(8)15/h3-7,15H,1-2H3/b9-7+. The number of para-hydroxylation sites is 1. The maximum Gasteiger partial charge on any atom is 0.278 e. The summed E-state index contributed by atoms with van der Waals surface area (Å²) in [5.41, 5.74) is 0.939. The van der Waals surface area contributed by atoms with E-state index in [1.165, 1.54) is 16.7 Å². The lowest BCUT2D eigenvalue weighted by molar-refractivity contribution is -0.121. The molecule has 0 aliphatic carbocycles. The van der Waals surface area contributed by atoms with Crippen LogP contribution in [0.2, 0.25) is 0 Å². The molecule has 4 nitrogen and oxygen atoms in total. The van der Waals surface area contributed by atoms with E-state index in [9.17, 15) is 9.90 Å². The molecule has 2 rings (SSSR count). The summed E-state index contributed by atoms with van der Waals surface area (Å²) in [5.74, 6) is -0.0131. The number of amidine groups is 1. The van der Waals surface area contributed by atoms with Crippen molar-refractivity contribution >= 4 is 28.9 Å². The van der Waals surface area contributed by atoms with E-state index in [-0.39, 0.29) is 11.7 Å². The van der Waals surface area contributed by atoms with Crippen LogP contribution in [0.25, 0.3) is 6.08 Å². The predicted molar refractivity (Wildman–Crippen MR) is 69.8 cm³/mol. The molecule has 0 bridgehead atoms. The molecule has 5 heteroatoms. The number of thioether (sulfide) groups is 1. The number of nitrogens with zero attached hydrogens (tertiary/aromatic N) is 2. The number of phenols is 1. The molecule has 1 amide bonds. The summed E-state index contributed by atoms with van der Waals surface area (Å²) in [5, 5.41) is 10.3. The summed E-state index contributed by atoms with van der Waals surface area (Å²) >= 11 is 1.41. The fourth-order valence-corrected chi connectivity index (χ4v) is 2.06. The first-order valence-corrected chi connectivity index (χ1v) is 6.26. The van der Waals surface area contributed by atoms with Crippen molar-refractivity contribution in [1.82, 2.24) is 4.90 Å². The zero-order valence-electron chi connectivity index (χ0n) is 9.54. The fourth-order valence-electron chi connectivity index (χ4n) is 1.52. The Kier molecular flexibility index (Phi) is 3.19. The monoisotopic (exact) mass is 248 g/mol. The van der Waals surface area contributed by atoms with Crippen LogP contribution in [0, 0.1) is 0 Å². The zero-order valence-corrected chi connectivity index (χ0v) is 10.4. The van der Waals surface area contributed by atoms with Crippen molar-refractivity contribution in [3.05, 3.63) is 35.5 Å². The van der Waals surface area contributed by atoms with Crippen LogP contribution in [0.15, 0.2) is 35.0 Å². The van der Waals surface area contributed by atoms with Gasteiger partial charge in [0.25, 0.3) is 5.91 Å². The second-order valence-corrected chi connectivity index (χ2v) is 4.32. The summed E-state index contributed by atoms with van der Waals surface area (Å²) in [6, 6.07) is 6.85. The Bertz CT molecular complexity index is 523. The van der Waals surface area contributed by atoms with Gasteiger partial charge in [-0.15, -0.1) is 0 Å². The number of aliphatic imine (C=N–C) groups is 1. The van der Waals surface area contributed by atoms with E-state index < -0.39 is 0 Å². The highest BCUT2D eigenvalue weighted by atomic mass is 32.2. The van der Waals surface area contributed by atoms with Crippen LogP contribution in [0.1, 0.15) is 5.56 Å². The van der Waals surface area contributed by atoms with Gasteiger partial charge in [-0.05, 0) is 18.4 Å². The van der Waals surface area contributed by atoms with Crippen molar-refractivity contribution in [2.24, 2.45) is 4.99 Å². The predicted octanol–water partition coefficient (Wildman–Crippen LogP) is 1.92. The van der Waals surface area contributed by atoms with Crippen molar-refractivity contribution in [2.45, 2.75) is 0 Å². The van der Waals surface area contributed by atoms with E-state index in [0.717, 1.165) is 0 Å². The number of hydrogen-bond acceptors (Lipinski definition) is 4. The Balaban J connectivity index is 2.39. The van der Waals surface area contributed by atoms with Crippen LogP contribution in [-0.2, 0) is 4.79 Å². The Labute approximate surface area is 104 Å². The minimum Gasteiger partial charge on any atom is -0.507 e. The molecule has 0 radical (unpaired) electrons. The Morgan fingerprint density at radius 3 is 2.71 bits per heavy atom. The van der Waals surface area contributed by atoms with Crippen molar-refractivity contribution in [1.29, 1.82) is 0 Å². The number of likely N-dealkylation sites (N-methyl/N-ethyl adjacent to an activating group) is 1. The average Bonchev–Trinajstić information content (AvgIpc) is 2.60. The number of aromatic hydroxyl groups is 1. The lowest BCUT2D eigenvalue weighted by Crippen LogP contribution is -2.25. The van der Waals surface area contributed by atoms with E-state index in [0.29, 0.717) is 16.4 Å². The normalized spacial score (nSPS) is 17.8. The van der Waals surface area contributed by atoms with Crippen molar-refractivity contribution in [3.8, 4) is 5.75 Å². The van der Waals surface area contributed by atoms with Gasteiger partial charge in [-0.2, -0.15) is 0 Å². The molecule has 1 aromatic carbocycles. The molecule has 88 valence electrons. The molecular formula is C12H12N2O2S. The summed E-state index contributed by atoms with van der Waals surface area (Å²) in [4.78, 5) is 17.5. The Hall–Kier alpha value is -1.75. The van der Waals surface area contributed by atoms with Gasteiger partial charge in [-0.1, -0.05) is 30.0 Å². The molecule has 1 heterocycles. The summed E-state index contributed by atoms with van der Waals surface area (Å²) in [7, 11) is 1.68. The highest BCUT2D eigenvalue weighted by Gasteiger charge is 2.26. The second-order valence-electron chi connectivity index (χ2n) is 3.55. The highest BCUT2D eigenvalue weighted by Crippen LogP contribution is 2.24. The quantitative estimate of drug-likeness (QED) is 0.772. The SMILES string of the molecule is CSC1=N/C(=C/c2ccccc2O)C(=O)N1C. The van der Waals surface area contributed by atoms with E-state index in [4.69, 9.17) is 0 Å². The van der Waals surface area contributed by atoms with Crippen LogP contribution in [0.4, 0.5) is 0 Å². The Morgan fingerprint density at radius 1 is 1.41 bits per heavy atom. The average molecular weight is 248 g/mol. The van der Waals surface area contributed by atoms with Crippen molar-refractivity contribution < 1.29 is 9.90 Å². The number of benzene rings is 1. The lowest BCUT2D eigenvalue weighted by Gasteiger charge is -2.07. The molecule has 1 N–H and O–H groups in total. The minimum atomic E-state index is -0.155. The number of amides is 1. The number of hydrogen-bond donors (Lipinski definition) is 1. The van der Waals surface area contributed by atoms with Crippen LogP contribution < -0.4 is 0 Å². The smallest absolute Gasteiger partial charge is 0.278 e. The summed E-state index contributed by atoms with van der Waals surface area (Å²) < 4.78 is 0.